The summed E-state index contributed by atoms with van der Waals surface area (Å²) in [6, 6.07) is 20.4. The van der Waals surface area contributed by atoms with Gasteiger partial charge in [-0.25, -0.2) is 45.5 Å². The maximum atomic E-state index is 14.6. The molecule has 0 unspecified atom stereocenters. The first-order valence-electron chi connectivity index (χ1n) is 40.0. The number of benzene rings is 4. The summed E-state index contributed by atoms with van der Waals surface area (Å²) >= 11 is 5.74. The average molecular weight is 1640 g/mol. The van der Waals surface area contributed by atoms with Crippen molar-refractivity contribution >= 4 is 58.0 Å². The Morgan fingerprint density at radius 2 is 1.09 bits per heavy atom. The third-order valence-electron chi connectivity index (χ3n) is 22.0. The number of ether oxygens (including phenoxy) is 4. The molecule has 2 saturated carbocycles. The molecule has 8 heterocycles. The first-order valence-corrected chi connectivity index (χ1v) is 40.4. The van der Waals surface area contributed by atoms with Gasteiger partial charge >= 0.3 is 6.09 Å². The molecule has 7 N–H and O–H groups in total. The van der Waals surface area contributed by atoms with Crippen molar-refractivity contribution in [2.75, 3.05) is 61.0 Å². The van der Waals surface area contributed by atoms with Crippen molar-refractivity contribution in [1.82, 2.24) is 40.0 Å². The second-order valence-electron chi connectivity index (χ2n) is 33.3. The Hall–Kier alpha value is -8.65. The van der Waals surface area contributed by atoms with Gasteiger partial charge in [0.1, 0.15) is 71.7 Å². The molecule has 0 spiro atoms. The van der Waals surface area contributed by atoms with E-state index in [0.717, 1.165) is 112 Å². The Morgan fingerprint density at radius 1 is 0.600 bits per heavy atom. The van der Waals surface area contributed by atoms with Crippen LogP contribution in [-0.2, 0) is 4.74 Å². The van der Waals surface area contributed by atoms with Crippen molar-refractivity contribution in [3.8, 4) is 17.2 Å². The number of nitro groups is 2. The van der Waals surface area contributed by atoms with E-state index in [9.17, 15) is 55.8 Å². The summed E-state index contributed by atoms with van der Waals surface area (Å²) in [5, 5.41) is 42.8. The van der Waals surface area contributed by atoms with Crippen LogP contribution in [-0.4, -0.2) is 185 Å². The highest BCUT2D eigenvalue weighted by Crippen LogP contribution is 2.41. The predicted molar refractivity (Wildman–Crippen MR) is 431 cm³/mol. The number of hydrogen-bond donors (Lipinski definition) is 6. The molecule has 24 nitrogen and oxygen atoms in total. The number of aromatic nitrogens is 4. The van der Waals surface area contributed by atoms with Gasteiger partial charge in [0.15, 0.2) is 23.3 Å². The third kappa shape index (κ3) is 26.4. The van der Waals surface area contributed by atoms with E-state index in [1.54, 1.807) is 39.8 Å². The number of aryl methyl sites for hydroxylation is 4. The number of amides is 1. The molecular weight excluding hydrogens is 1520 g/mol. The topological polar surface area (TPSA) is 296 Å². The van der Waals surface area contributed by atoms with Crippen LogP contribution in [0.2, 0.25) is 5.28 Å². The fourth-order valence-electron chi connectivity index (χ4n) is 16.2. The number of nitrogens with two attached hydrogens (primary N) is 1. The van der Waals surface area contributed by atoms with Gasteiger partial charge in [-0.2, -0.15) is 9.97 Å². The second kappa shape index (κ2) is 41.0. The Balaban J connectivity index is 0.000000165. The van der Waals surface area contributed by atoms with Gasteiger partial charge in [0, 0.05) is 84.0 Å². The molecule has 12 atom stereocenters. The highest BCUT2D eigenvalue weighted by atomic mass is 35.5. The number of fused-ring (bicyclic) bond motifs is 2. The maximum absolute atomic E-state index is 14.6. The van der Waals surface area contributed by atoms with Crippen LogP contribution in [0.4, 0.5) is 75.9 Å². The van der Waals surface area contributed by atoms with Gasteiger partial charge in [0.05, 0.1) is 34.9 Å². The lowest BCUT2D eigenvalue weighted by Crippen LogP contribution is -2.55. The minimum Gasteiger partial charge on any atom is -0.487 e. The largest absolute Gasteiger partial charge is 0.487 e. The molecule has 8 fully saturated rings. The molecule has 6 saturated heterocycles. The van der Waals surface area contributed by atoms with Crippen molar-refractivity contribution in [1.29, 1.82) is 0 Å². The highest BCUT2D eigenvalue weighted by molar-refractivity contribution is 6.28. The molecule has 632 valence electrons. The molecule has 115 heavy (non-hydrogen) atoms. The number of likely N-dealkylation sites (tertiary alicyclic amines) is 1. The highest BCUT2D eigenvalue weighted by Gasteiger charge is 2.45. The number of hydrogen-bond acceptors (Lipinski definition) is 21. The number of nitrogens with zero attached hydrogens (tertiary/aromatic N) is 9. The van der Waals surface area contributed by atoms with E-state index in [4.69, 9.17) is 41.4 Å². The van der Waals surface area contributed by atoms with Crippen molar-refractivity contribution in [3.63, 3.8) is 0 Å². The molecule has 4 aromatic carbocycles. The number of nitrogen functional groups attached to an aromatic ring is 1. The number of carbonyl (C=O) groups is 1. The number of alkyl halides is 4. The lowest BCUT2D eigenvalue weighted by molar-refractivity contribution is -0.385. The first-order chi connectivity index (χ1) is 54.4. The van der Waals surface area contributed by atoms with Gasteiger partial charge in [0.25, 0.3) is 11.4 Å². The number of anilines is 5. The van der Waals surface area contributed by atoms with Crippen LogP contribution in [0, 0.1) is 65.4 Å². The minimum atomic E-state index is -1.37. The van der Waals surface area contributed by atoms with Crippen LogP contribution < -0.4 is 41.2 Å². The number of nitro benzene ring substituents is 2. The van der Waals surface area contributed by atoms with E-state index in [1.165, 1.54) is 68.4 Å². The summed E-state index contributed by atoms with van der Waals surface area (Å²) in [5.74, 6) is 1.40. The quantitative estimate of drug-likeness (QED) is 0.0194. The molecule has 8 aliphatic rings. The summed E-state index contributed by atoms with van der Waals surface area (Å²) in [7, 11) is 0. The molecule has 1 amide bonds. The van der Waals surface area contributed by atoms with Crippen molar-refractivity contribution in [3.05, 3.63) is 150 Å². The van der Waals surface area contributed by atoms with Gasteiger partial charge in [-0.15, -0.1) is 0 Å². The Kier molecular flexibility index (Phi) is 32.2. The summed E-state index contributed by atoms with van der Waals surface area (Å²) in [6.45, 7) is 25.1. The number of aliphatic hydroxyl groups excluding tert-OH is 1. The summed E-state index contributed by atoms with van der Waals surface area (Å²) < 4.78 is 118. The molecule has 0 bridgehead atoms. The molecule has 2 aliphatic carbocycles. The summed E-state index contributed by atoms with van der Waals surface area (Å²) in [6.07, 6.45) is 11.9. The molecule has 6 aromatic rings. The summed E-state index contributed by atoms with van der Waals surface area (Å²) in [4.78, 5) is 53.9. The maximum Gasteiger partial charge on any atom is 0.410 e. The van der Waals surface area contributed by atoms with Gasteiger partial charge in [-0.05, 0) is 281 Å². The van der Waals surface area contributed by atoms with E-state index in [0.29, 0.717) is 85.1 Å². The van der Waals surface area contributed by atoms with E-state index in [1.807, 2.05) is 44.2 Å². The molecule has 0 radical (unpaired) electrons. The molecular formula is C83H114ClF7N14O10. The zero-order chi connectivity index (χ0) is 83.6. The van der Waals surface area contributed by atoms with Crippen LogP contribution in [0.3, 0.4) is 0 Å². The van der Waals surface area contributed by atoms with Crippen molar-refractivity contribution in [2.45, 2.75) is 282 Å². The molecule has 32 heteroatoms. The number of aliphatic hydroxyl groups is 1. The molecule has 14 rings (SSSR count). The fourth-order valence-corrected chi connectivity index (χ4v) is 16.3. The average Bonchev–Trinajstić information content (AvgIpc) is 1.69. The number of halogens is 8. The smallest absolute Gasteiger partial charge is 0.410 e. The normalized spacial score (nSPS) is 25.5. The number of nitrogens with one attached hydrogen (secondary N) is 4. The standard InChI is InChI=1S/C26H36F2N6O.C14H20ClFN4.C13H16FNO3.C13H18FNO.C10H18FNO3.C7H6FNO2/c1-16-11-17(6-7-22(16)35-23-8-9-29-14-20(23)27)32-25-30-15-21(28)24(33-25)31-18-12-19-5-4-10-34(19)26(2,3)13-18;1-14(2)7-9(6-10-4-3-5-20(10)14)18-12-11(16)8-17-13(15)19-12;1-9-8-10(15(16)17)6-7-12(9)18-13-5-3-2-4-11(13)14;1-9-8-10(15)6-7-12(9)16-13-5-3-2-4-11(13)14;1-10(2,3)15-9(14)12-5-4-8(13)7(11)6-12;1-5-4-6(9(10)11)2-3-7(5)8/h6-7,11,15,18-20,23,29H,4-5,8-10,12-14H2,1-3H3,(H2,30,31,32,33);8-10H,3-7H2,1-2H3,(H,17,18,19);6-8,11,13H,2-5H2,1H3;6-8,11,13H,2-5,15H2,1H3;7-8,13H,4-6H2,1-3H3;2-4H,1H3/t18-,19+,20+,23+;9-,10+;2*11-,13-;7-,8-;/m11000./s1. The van der Waals surface area contributed by atoms with Gasteiger partial charge in [-0.3, -0.25) is 30.0 Å². The van der Waals surface area contributed by atoms with Crippen molar-refractivity contribution in [2.24, 2.45) is 0 Å². The van der Waals surface area contributed by atoms with Gasteiger partial charge < -0.3 is 56.0 Å². The lowest BCUT2D eigenvalue weighted by Gasteiger charge is -2.47. The molecule has 6 aliphatic heterocycles. The fraction of sp³-hybridized carbons (Fsp3) is 0.602. The minimum absolute atomic E-state index is 0.0280. The second-order valence-corrected chi connectivity index (χ2v) is 33.6. The number of rotatable bonds is 14. The first kappa shape index (κ1) is 90.3. The van der Waals surface area contributed by atoms with E-state index >= 15 is 0 Å². The van der Waals surface area contributed by atoms with E-state index in [2.05, 4.69) is 78.7 Å². The van der Waals surface area contributed by atoms with E-state index in [-0.39, 0.29) is 70.5 Å². The Bertz CT molecular complexity index is 4220. The van der Waals surface area contributed by atoms with Crippen LogP contribution in [0.1, 0.15) is 186 Å². The third-order valence-corrected chi connectivity index (χ3v) is 22.2. The summed E-state index contributed by atoms with van der Waals surface area (Å²) in [5.41, 5.74) is 9.55. The van der Waals surface area contributed by atoms with Crippen LogP contribution in [0.5, 0.6) is 17.2 Å². The Labute approximate surface area is 674 Å². The zero-order valence-electron chi connectivity index (χ0n) is 67.7. The number of non-ortho nitro benzene ring substituents is 2. The number of carbonyl (C=O) groups excluding carboxylic acids is 1. The van der Waals surface area contributed by atoms with Crippen LogP contribution in [0.25, 0.3) is 0 Å². The predicted octanol–water partition coefficient (Wildman–Crippen LogP) is 17.8. The van der Waals surface area contributed by atoms with Crippen molar-refractivity contribution < 1.29 is 69.4 Å². The van der Waals surface area contributed by atoms with E-state index < -0.39 is 82.0 Å². The lowest BCUT2D eigenvalue weighted by atomic mass is 9.84. The SMILES string of the molecule is CC(C)(C)OC(=O)N1CC[C@H](O)[C@@H](F)C1.CC1(C)C[C@H](Nc2nc(Cl)ncc2F)C[C@@H]2CCCN21.Cc1cc(N)ccc1O[C@H]1CCCC[C@@H]1F.Cc1cc(Nc2ncc(F)c(N[C@@H]3C[C@@H]4CCCN4C(C)(C)C3)n2)ccc1O[C@H]1CCNC[C@@H]1F.Cc1cc([N+](=O)[O-])ccc1F.Cc1cc([N+](=O)[O-])ccc1O[C@H]1CCCC[C@@H]1F. The zero-order valence-corrected chi connectivity index (χ0v) is 68.5. The van der Waals surface area contributed by atoms with Gasteiger partial charge in [0.2, 0.25) is 11.2 Å². The monoisotopic (exact) mass is 1630 g/mol. The molecule has 2 aromatic heterocycles. The van der Waals surface area contributed by atoms with Crippen LogP contribution >= 0.6 is 11.6 Å². The van der Waals surface area contributed by atoms with Crippen LogP contribution in [0.15, 0.2) is 85.2 Å². The number of piperidine rings is 4. The van der Waals surface area contributed by atoms with Gasteiger partial charge in [-0.1, -0.05) is 12.8 Å². The Morgan fingerprint density at radius 3 is 1.58 bits per heavy atom.